The Morgan fingerprint density at radius 2 is 2.00 bits per heavy atom. The van der Waals surface area contributed by atoms with E-state index in [1.165, 1.54) is 4.31 Å². The lowest BCUT2D eigenvalue weighted by Crippen LogP contribution is -2.52. The summed E-state index contributed by atoms with van der Waals surface area (Å²) in [6.07, 6.45) is 1.12. The van der Waals surface area contributed by atoms with Gasteiger partial charge in [-0.2, -0.15) is 4.31 Å². The van der Waals surface area contributed by atoms with E-state index in [2.05, 4.69) is 10.5 Å². The van der Waals surface area contributed by atoms with Crippen molar-refractivity contribution in [1.29, 1.82) is 0 Å². The zero-order valence-corrected chi connectivity index (χ0v) is 16.0. The van der Waals surface area contributed by atoms with Gasteiger partial charge in [0.15, 0.2) is 5.76 Å². The monoisotopic (exact) mass is 377 g/mol. The number of benzene rings is 1. The molecular weight excluding hydrogens is 354 g/mol. The molecule has 1 atom stereocenters. The molecule has 1 aromatic heterocycles. The molecule has 1 aliphatic heterocycles. The van der Waals surface area contributed by atoms with Crippen LogP contribution in [-0.2, 0) is 27.8 Å². The summed E-state index contributed by atoms with van der Waals surface area (Å²) < 4.78 is 33.0. The third kappa shape index (κ3) is 3.26. The third-order valence-corrected chi connectivity index (χ3v) is 6.69. The van der Waals surface area contributed by atoms with Crippen molar-refractivity contribution >= 4 is 15.9 Å². The zero-order chi connectivity index (χ0) is 18.9. The number of nitrogens with zero attached hydrogens (tertiary/aromatic N) is 2. The Labute approximate surface area is 153 Å². The van der Waals surface area contributed by atoms with Crippen LogP contribution in [0.5, 0.6) is 0 Å². The number of hydrogen-bond donors (Lipinski definition) is 1. The molecule has 1 aliphatic rings. The van der Waals surface area contributed by atoms with Crippen LogP contribution in [0.25, 0.3) is 0 Å². The zero-order valence-electron chi connectivity index (χ0n) is 15.2. The maximum Gasteiger partial charge on any atom is 0.249 e. The minimum absolute atomic E-state index is 0.0465. The fourth-order valence-corrected chi connectivity index (χ4v) is 5.16. The van der Waals surface area contributed by atoms with E-state index in [0.29, 0.717) is 18.7 Å². The summed E-state index contributed by atoms with van der Waals surface area (Å²) in [5, 5.41) is 6.59. The Morgan fingerprint density at radius 1 is 1.31 bits per heavy atom. The second kappa shape index (κ2) is 7.20. The van der Waals surface area contributed by atoms with Crippen LogP contribution < -0.4 is 5.32 Å². The van der Waals surface area contributed by atoms with E-state index in [0.717, 1.165) is 17.5 Å². The van der Waals surface area contributed by atoms with E-state index >= 15 is 0 Å². The van der Waals surface area contributed by atoms with Gasteiger partial charge in [-0.15, -0.1) is 0 Å². The fourth-order valence-electron chi connectivity index (χ4n) is 3.30. The highest BCUT2D eigenvalue weighted by atomic mass is 32.2. The van der Waals surface area contributed by atoms with Crippen LogP contribution in [0.4, 0.5) is 0 Å². The smallest absolute Gasteiger partial charge is 0.249 e. The van der Waals surface area contributed by atoms with Gasteiger partial charge in [-0.3, -0.25) is 4.79 Å². The van der Waals surface area contributed by atoms with Gasteiger partial charge >= 0.3 is 0 Å². The Morgan fingerprint density at radius 3 is 2.62 bits per heavy atom. The highest BCUT2D eigenvalue weighted by Crippen LogP contribution is 2.31. The van der Waals surface area contributed by atoms with E-state index in [1.54, 1.807) is 13.8 Å². The van der Waals surface area contributed by atoms with Crippen molar-refractivity contribution in [3.05, 3.63) is 46.8 Å². The van der Waals surface area contributed by atoms with E-state index < -0.39 is 16.1 Å². The average molecular weight is 377 g/mol. The van der Waals surface area contributed by atoms with Crippen molar-refractivity contribution in [1.82, 2.24) is 14.8 Å². The second-order valence-corrected chi connectivity index (χ2v) is 8.31. The number of hydrogen-bond acceptors (Lipinski definition) is 5. The van der Waals surface area contributed by atoms with E-state index in [9.17, 15) is 13.2 Å². The lowest BCUT2D eigenvalue weighted by Gasteiger charge is -2.34. The molecule has 0 bridgehead atoms. The summed E-state index contributed by atoms with van der Waals surface area (Å²) in [6.45, 7) is 5.77. The summed E-state index contributed by atoms with van der Waals surface area (Å²) in [6, 6.07) is 6.81. The Hall–Kier alpha value is -2.19. The Balaban J connectivity index is 2.05. The normalized spacial score (nSPS) is 17.7. The van der Waals surface area contributed by atoms with Crippen LogP contribution in [0.15, 0.2) is 33.7 Å². The van der Waals surface area contributed by atoms with E-state index in [-0.39, 0.29) is 23.1 Å². The molecule has 1 unspecified atom stereocenters. The van der Waals surface area contributed by atoms with Crippen molar-refractivity contribution in [2.24, 2.45) is 0 Å². The fraction of sp³-hybridized carbons (Fsp3) is 0.444. The summed E-state index contributed by atoms with van der Waals surface area (Å²) in [4.78, 5) is 12.8. The second-order valence-electron chi connectivity index (χ2n) is 6.48. The van der Waals surface area contributed by atoms with Crippen LogP contribution in [0.2, 0.25) is 0 Å². The van der Waals surface area contributed by atoms with Crippen molar-refractivity contribution in [2.75, 3.05) is 6.54 Å². The first-order valence-electron chi connectivity index (χ1n) is 8.65. The average Bonchev–Trinajstić information content (AvgIpc) is 2.97. The minimum atomic E-state index is -3.93. The standard InChI is InChI=1S/C18H23N3O4S/c1-4-9-19-18(22)16-10-14-7-5-6-8-15(14)11-21(16)26(23,24)17-12(2)20-25-13(17)3/h5-8,16H,4,9-11H2,1-3H3,(H,19,22). The summed E-state index contributed by atoms with van der Waals surface area (Å²) in [5.74, 6) is -0.0502. The van der Waals surface area contributed by atoms with Gasteiger partial charge in [0.2, 0.25) is 15.9 Å². The maximum absolute atomic E-state index is 13.3. The molecule has 7 nitrogen and oxygen atoms in total. The molecule has 140 valence electrons. The number of fused-ring (bicyclic) bond motifs is 1. The molecule has 0 saturated heterocycles. The van der Waals surface area contributed by atoms with Crippen molar-refractivity contribution < 1.29 is 17.7 Å². The third-order valence-electron chi connectivity index (χ3n) is 4.59. The topological polar surface area (TPSA) is 92.5 Å². The molecule has 1 aromatic carbocycles. The van der Waals surface area contributed by atoms with Gasteiger partial charge in [0.1, 0.15) is 16.6 Å². The first-order valence-corrected chi connectivity index (χ1v) is 10.1. The Kier molecular flexibility index (Phi) is 5.15. The van der Waals surface area contributed by atoms with Gasteiger partial charge in [0.25, 0.3) is 0 Å². The van der Waals surface area contributed by atoms with Crippen LogP contribution in [0.3, 0.4) is 0 Å². The summed E-state index contributed by atoms with van der Waals surface area (Å²) in [7, 11) is -3.93. The lowest BCUT2D eigenvalue weighted by molar-refractivity contribution is -0.125. The molecule has 0 radical (unpaired) electrons. The van der Waals surface area contributed by atoms with Crippen molar-refractivity contribution in [2.45, 2.75) is 51.1 Å². The van der Waals surface area contributed by atoms with Crippen molar-refractivity contribution in [3.63, 3.8) is 0 Å². The molecule has 0 fully saturated rings. The van der Waals surface area contributed by atoms with E-state index in [4.69, 9.17) is 4.52 Å². The molecular formula is C18H23N3O4S. The lowest BCUT2D eigenvalue weighted by atomic mass is 9.95. The maximum atomic E-state index is 13.3. The Bertz CT molecular complexity index is 901. The van der Waals surface area contributed by atoms with Gasteiger partial charge < -0.3 is 9.84 Å². The van der Waals surface area contributed by atoms with Gasteiger partial charge in [-0.1, -0.05) is 36.3 Å². The van der Waals surface area contributed by atoms with Crippen LogP contribution >= 0.6 is 0 Å². The van der Waals surface area contributed by atoms with E-state index in [1.807, 2.05) is 31.2 Å². The molecule has 2 aromatic rings. The molecule has 0 aliphatic carbocycles. The first kappa shape index (κ1) is 18.6. The number of amides is 1. The largest absolute Gasteiger partial charge is 0.360 e. The van der Waals surface area contributed by atoms with Gasteiger partial charge in [-0.05, 0) is 37.8 Å². The predicted molar refractivity (Wildman–Crippen MR) is 95.9 cm³/mol. The highest BCUT2D eigenvalue weighted by Gasteiger charge is 2.41. The summed E-state index contributed by atoms with van der Waals surface area (Å²) in [5.41, 5.74) is 2.20. The van der Waals surface area contributed by atoms with Crippen molar-refractivity contribution in [3.8, 4) is 0 Å². The molecule has 1 amide bonds. The number of carbonyl (C=O) groups is 1. The first-order chi connectivity index (χ1) is 12.4. The minimum Gasteiger partial charge on any atom is -0.360 e. The molecule has 8 heteroatoms. The van der Waals surface area contributed by atoms with Crippen LogP contribution in [-0.4, -0.2) is 36.4 Å². The quantitative estimate of drug-likeness (QED) is 0.859. The molecule has 0 saturated carbocycles. The number of carbonyl (C=O) groups excluding carboxylic acids is 1. The molecule has 1 N–H and O–H groups in total. The molecule has 3 rings (SSSR count). The molecule has 2 heterocycles. The predicted octanol–water partition coefficient (Wildman–Crippen LogP) is 1.93. The highest BCUT2D eigenvalue weighted by molar-refractivity contribution is 7.89. The van der Waals surface area contributed by atoms with Crippen LogP contribution in [0, 0.1) is 13.8 Å². The number of aromatic nitrogens is 1. The van der Waals surface area contributed by atoms with Crippen LogP contribution in [0.1, 0.15) is 35.9 Å². The number of nitrogens with one attached hydrogen (secondary N) is 1. The summed E-state index contributed by atoms with van der Waals surface area (Å²) >= 11 is 0. The molecule has 26 heavy (non-hydrogen) atoms. The van der Waals surface area contributed by atoms with Gasteiger partial charge in [0.05, 0.1) is 0 Å². The number of aryl methyl sites for hydroxylation is 2. The SMILES string of the molecule is CCCNC(=O)C1Cc2ccccc2CN1S(=O)(=O)c1c(C)noc1C. The number of sulfonamides is 1. The van der Waals surface area contributed by atoms with Gasteiger partial charge in [0, 0.05) is 13.1 Å². The number of rotatable bonds is 5. The van der Waals surface area contributed by atoms with Gasteiger partial charge in [-0.25, -0.2) is 8.42 Å². The molecule has 0 spiro atoms.